The monoisotopic (exact) mass is 371 g/mol. The van der Waals surface area contributed by atoms with Crippen molar-refractivity contribution in [3.63, 3.8) is 0 Å². The molecule has 3 aliphatic rings. The van der Waals surface area contributed by atoms with Crippen LogP contribution in [0.25, 0.3) is 0 Å². The van der Waals surface area contributed by atoms with Crippen LogP contribution in [0, 0.1) is 5.92 Å². The first-order chi connectivity index (χ1) is 11.8. The molecule has 0 N–H and O–H groups in total. The fourth-order valence-corrected chi connectivity index (χ4v) is 5.91. The van der Waals surface area contributed by atoms with Gasteiger partial charge >= 0.3 is 0 Å². The van der Waals surface area contributed by atoms with Crippen LogP contribution in [0.3, 0.4) is 0 Å². The number of likely N-dealkylation sites (tertiary alicyclic amines) is 2. The van der Waals surface area contributed by atoms with Crippen LogP contribution in [0.1, 0.15) is 45.4 Å². The normalized spacial score (nSPS) is 30.3. The van der Waals surface area contributed by atoms with Crippen molar-refractivity contribution in [2.75, 3.05) is 32.4 Å². The molecule has 0 unspecified atom stereocenters. The molecule has 3 aliphatic heterocycles. The van der Waals surface area contributed by atoms with Gasteiger partial charge in [-0.05, 0) is 38.8 Å². The minimum absolute atomic E-state index is 0.0589. The second-order valence-corrected chi connectivity index (χ2v) is 9.38. The number of sulfonamides is 1. The molecule has 0 saturated carbocycles. The van der Waals surface area contributed by atoms with E-state index in [-0.39, 0.29) is 29.8 Å². The summed E-state index contributed by atoms with van der Waals surface area (Å²) in [5, 5.41) is 0. The van der Waals surface area contributed by atoms with Crippen LogP contribution in [-0.2, 0) is 19.6 Å². The second kappa shape index (κ2) is 7.23. The molecule has 3 fully saturated rings. The third-order valence-corrected chi connectivity index (χ3v) is 6.95. The first-order valence-electron chi connectivity index (χ1n) is 9.39. The molecule has 25 heavy (non-hydrogen) atoms. The first-order valence-corrected chi connectivity index (χ1v) is 11.2. The lowest BCUT2D eigenvalue weighted by atomic mass is 9.94. The number of hydrogen-bond acceptors (Lipinski definition) is 5. The zero-order valence-corrected chi connectivity index (χ0v) is 16.0. The number of nitrogens with zero attached hydrogens (tertiary/aromatic N) is 3. The minimum atomic E-state index is -3.59. The van der Waals surface area contributed by atoms with Crippen LogP contribution in [0.4, 0.5) is 0 Å². The summed E-state index contributed by atoms with van der Waals surface area (Å²) in [6.07, 6.45) is 5.91. The molecule has 0 spiro atoms. The summed E-state index contributed by atoms with van der Waals surface area (Å²) in [7, 11) is -3.59. The Kier molecular flexibility index (Phi) is 5.39. The van der Waals surface area contributed by atoms with Crippen LogP contribution in [-0.4, -0.2) is 78.9 Å². The Bertz CT molecular complexity index is 630. The van der Waals surface area contributed by atoms with Crippen molar-refractivity contribution < 1.29 is 18.0 Å². The molecule has 3 heterocycles. The molecule has 0 aromatic rings. The summed E-state index contributed by atoms with van der Waals surface area (Å²) >= 11 is 0. The van der Waals surface area contributed by atoms with E-state index in [1.54, 1.807) is 4.90 Å². The average Bonchev–Trinajstić information content (AvgIpc) is 3.23. The quantitative estimate of drug-likeness (QED) is 0.685. The summed E-state index contributed by atoms with van der Waals surface area (Å²) in [5.74, 6) is -0.650. The maximum Gasteiger partial charge on any atom is 0.241 e. The average molecular weight is 372 g/mol. The Hall–Kier alpha value is -1.15. The molecule has 2 amide bonds. The fraction of sp³-hybridized carbons (Fsp3) is 0.882. The lowest BCUT2D eigenvalue weighted by Gasteiger charge is -2.28. The van der Waals surface area contributed by atoms with Crippen molar-refractivity contribution in [3.8, 4) is 0 Å². The van der Waals surface area contributed by atoms with Crippen LogP contribution in [0.5, 0.6) is 0 Å². The van der Waals surface area contributed by atoms with Gasteiger partial charge in [-0.15, -0.1) is 0 Å². The van der Waals surface area contributed by atoms with Gasteiger partial charge in [-0.1, -0.05) is 13.3 Å². The van der Waals surface area contributed by atoms with Gasteiger partial charge in [0, 0.05) is 19.5 Å². The number of carbonyl (C=O) groups is 2. The molecular weight excluding hydrogens is 342 g/mol. The smallest absolute Gasteiger partial charge is 0.241 e. The SMILES string of the molecule is CCC[C@H]1C(=O)N(S(C)(=O)=O)[C@H]2CCN(C(=O)CCN3CCCC3)[C@H]12. The van der Waals surface area contributed by atoms with Gasteiger partial charge in [-0.25, -0.2) is 12.7 Å². The molecule has 3 atom stereocenters. The van der Waals surface area contributed by atoms with Crippen molar-refractivity contribution in [1.82, 2.24) is 14.1 Å². The van der Waals surface area contributed by atoms with E-state index in [0.29, 0.717) is 25.8 Å². The zero-order chi connectivity index (χ0) is 18.2. The van der Waals surface area contributed by atoms with Crippen molar-refractivity contribution >= 4 is 21.8 Å². The van der Waals surface area contributed by atoms with Crippen LogP contribution >= 0.6 is 0 Å². The Morgan fingerprint density at radius 3 is 2.48 bits per heavy atom. The third kappa shape index (κ3) is 3.56. The number of carbonyl (C=O) groups excluding carboxylic acids is 2. The van der Waals surface area contributed by atoms with Crippen LogP contribution in [0.15, 0.2) is 0 Å². The van der Waals surface area contributed by atoms with E-state index in [4.69, 9.17) is 0 Å². The van der Waals surface area contributed by atoms with Gasteiger partial charge in [0.05, 0.1) is 24.3 Å². The Morgan fingerprint density at radius 1 is 1.20 bits per heavy atom. The van der Waals surface area contributed by atoms with Gasteiger partial charge in [-0.3, -0.25) is 9.59 Å². The van der Waals surface area contributed by atoms with E-state index in [0.717, 1.165) is 36.6 Å². The summed E-state index contributed by atoms with van der Waals surface area (Å²) < 4.78 is 25.3. The zero-order valence-electron chi connectivity index (χ0n) is 15.2. The van der Waals surface area contributed by atoms with Crippen LogP contribution in [0.2, 0.25) is 0 Å². The predicted octanol–water partition coefficient (Wildman–Crippen LogP) is 0.660. The lowest BCUT2D eigenvalue weighted by molar-refractivity contribution is -0.134. The molecule has 3 rings (SSSR count). The second-order valence-electron chi connectivity index (χ2n) is 7.52. The molecule has 0 aliphatic carbocycles. The molecule has 0 aromatic carbocycles. The number of amides is 2. The molecule has 0 radical (unpaired) electrons. The molecular formula is C17H29N3O4S. The number of fused-ring (bicyclic) bond motifs is 1. The van der Waals surface area contributed by atoms with E-state index < -0.39 is 10.0 Å². The van der Waals surface area contributed by atoms with Crippen molar-refractivity contribution in [2.24, 2.45) is 5.92 Å². The number of rotatable bonds is 6. The summed E-state index contributed by atoms with van der Waals surface area (Å²) in [5.41, 5.74) is 0. The highest BCUT2D eigenvalue weighted by atomic mass is 32.2. The van der Waals surface area contributed by atoms with Gasteiger partial charge < -0.3 is 9.80 Å². The van der Waals surface area contributed by atoms with Gasteiger partial charge in [0.15, 0.2) is 0 Å². The van der Waals surface area contributed by atoms with E-state index in [1.165, 1.54) is 12.8 Å². The highest BCUT2D eigenvalue weighted by Gasteiger charge is 2.56. The summed E-state index contributed by atoms with van der Waals surface area (Å²) in [6, 6.07) is -0.664. The van der Waals surface area contributed by atoms with E-state index >= 15 is 0 Å². The largest absolute Gasteiger partial charge is 0.337 e. The van der Waals surface area contributed by atoms with Crippen molar-refractivity contribution in [1.29, 1.82) is 0 Å². The summed E-state index contributed by atoms with van der Waals surface area (Å²) in [4.78, 5) is 29.6. The fourth-order valence-electron chi connectivity index (χ4n) is 4.72. The molecule has 142 valence electrons. The van der Waals surface area contributed by atoms with Crippen molar-refractivity contribution in [3.05, 3.63) is 0 Å². The molecule has 7 nitrogen and oxygen atoms in total. The molecule has 8 heteroatoms. The Balaban J connectivity index is 1.74. The lowest BCUT2D eigenvalue weighted by Crippen LogP contribution is -2.44. The molecule has 0 bridgehead atoms. The third-order valence-electron chi connectivity index (χ3n) is 5.79. The first kappa shape index (κ1) is 18.6. The highest BCUT2D eigenvalue weighted by molar-refractivity contribution is 7.88. The van der Waals surface area contributed by atoms with E-state index in [2.05, 4.69) is 4.90 Å². The Labute approximate surface area is 150 Å². The topological polar surface area (TPSA) is 78.0 Å². The standard InChI is InChI=1S/C17H29N3O4S/c1-3-6-13-16-14(20(17(13)22)25(2,23)24)7-12-19(16)15(21)8-11-18-9-4-5-10-18/h13-14,16H,3-12H2,1-2H3/t13-,14+,16-/m1/s1. The van der Waals surface area contributed by atoms with Gasteiger partial charge in [0.1, 0.15) is 0 Å². The number of hydrogen-bond donors (Lipinski definition) is 0. The van der Waals surface area contributed by atoms with E-state index in [9.17, 15) is 18.0 Å². The van der Waals surface area contributed by atoms with Gasteiger partial charge in [0.2, 0.25) is 21.8 Å². The highest BCUT2D eigenvalue weighted by Crippen LogP contribution is 2.40. The molecule has 0 aromatic heterocycles. The maximum absolute atomic E-state index is 12.8. The minimum Gasteiger partial charge on any atom is -0.337 e. The Morgan fingerprint density at radius 2 is 1.88 bits per heavy atom. The molecule has 3 saturated heterocycles. The predicted molar refractivity (Wildman–Crippen MR) is 94.3 cm³/mol. The van der Waals surface area contributed by atoms with Crippen molar-refractivity contribution in [2.45, 2.75) is 57.5 Å². The maximum atomic E-state index is 12.8. The van der Waals surface area contributed by atoms with E-state index in [1.807, 2.05) is 6.92 Å². The van der Waals surface area contributed by atoms with Crippen LogP contribution < -0.4 is 0 Å². The summed E-state index contributed by atoms with van der Waals surface area (Å²) in [6.45, 7) is 5.40. The van der Waals surface area contributed by atoms with Gasteiger partial charge in [0.25, 0.3) is 0 Å². The van der Waals surface area contributed by atoms with Gasteiger partial charge in [-0.2, -0.15) is 0 Å².